The van der Waals surface area contributed by atoms with E-state index in [1.54, 1.807) is 43.3 Å². The van der Waals surface area contributed by atoms with Crippen LogP contribution in [-0.4, -0.2) is 24.9 Å². The van der Waals surface area contributed by atoms with Gasteiger partial charge in [-0.2, -0.15) is 5.11 Å². The first kappa shape index (κ1) is 18.9. The van der Waals surface area contributed by atoms with Crippen molar-refractivity contribution in [2.45, 2.75) is 6.92 Å². The minimum atomic E-state index is -0.489. The number of esters is 1. The van der Waals surface area contributed by atoms with Crippen molar-refractivity contribution in [2.24, 2.45) is 10.3 Å². The number of ether oxygens (including phenoxy) is 1. The topological polar surface area (TPSA) is 80.1 Å². The molecule has 0 radical (unpaired) electrons. The molecule has 6 nitrogen and oxygen atoms in total. The van der Waals surface area contributed by atoms with Crippen molar-refractivity contribution in [2.75, 3.05) is 18.6 Å². The highest BCUT2D eigenvalue weighted by molar-refractivity contribution is 6.35. The third-order valence-corrected chi connectivity index (χ3v) is 3.66. The van der Waals surface area contributed by atoms with Gasteiger partial charge in [-0.1, -0.05) is 40.6 Å². The predicted octanol–water partition coefficient (Wildman–Crippen LogP) is 4.57. The number of ketones is 1. The molecule has 0 aliphatic carbocycles. The highest BCUT2D eigenvalue weighted by atomic mass is 35.5. The molecule has 2 aromatic carbocycles. The largest absolute Gasteiger partial charge is 0.465 e. The second kappa shape index (κ2) is 9.15. The van der Waals surface area contributed by atoms with Gasteiger partial charge in [-0.25, -0.2) is 4.79 Å². The van der Waals surface area contributed by atoms with E-state index in [1.807, 2.05) is 0 Å². The van der Waals surface area contributed by atoms with Crippen molar-refractivity contribution in [3.63, 3.8) is 0 Å². The van der Waals surface area contributed by atoms with Crippen LogP contribution in [0.5, 0.6) is 0 Å². The van der Waals surface area contributed by atoms with Crippen LogP contribution in [0.15, 0.2) is 52.8 Å². The van der Waals surface area contributed by atoms with Crippen LogP contribution in [0.25, 0.3) is 0 Å². The fourth-order valence-corrected chi connectivity index (χ4v) is 2.37. The first-order chi connectivity index (χ1) is 12.0. The molecule has 1 N–H and O–H groups in total. The summed E-state index contributed by atoms with van der Waals surface area (Å²) in [6, 6.07) is 11.4. The Morgan fingerprint density at radius 2 is 1.88 bits per heavy atom. The summed E-state index contributed by atoms with van der Waals surface area (Å²) < 4.78 is 4.74. The fraction of sp³-hybridized carbons (Fsp3) is 0.176. The summed E-state index contributed by atoms with van der Waals surface area (Å²) >= 11 is 12.1. The van der Waals surface area contributed by atoms with Gasteiger partial charge in [-0.15, -0.1) is 0 Å². The van der Waals surface area contributed by atoms with Gasteiger partial charge in [0.25, 0.3) is 0 Å². The first-order valence-electron chi connectivity index (χ1n) is 7.39. The molecule has 2 rings (SSSR count). The van der Waals surface area contributed by atoms with E-state index in [0.29, 0.717) is 21.3 Å². The molecule has 8 heteroatoms. The predicted molar refractivity (Wildman–Crippen MR) is 96.3 cm³/mol. The number of anilines is 1. The van der Waals surface area contributed by atoms with Crippen molar-refractivity contribution < 1.29 is 14.3 Å². The Bertz CT molecular complexity index is 809. The van der Waals surface area contributed by atoms with Crippen molar-refractivity contribution >= 4 is 40.6 Å². The molecule has 0 bridgehead atoms. The maximum atomic E-state index is 12.7. The molecule has 25 heavy (non-hydrogen) atoms. The van der Waals surface area contributed by atoms with Crippen LogP contribution in [0, 0.1) is 0 Å². The van der Waals surface area contributed by atoms with Gasteiger partial charge < -0.3 is 4.74 Å². The molecule has 0 spiro atoms. The zero-order chi connectivity index (χ0) is 18.2. The van der Waals surface area contributed by atoms with E-state index >= 15 is 0 Å². The summed E-state index contributed by atoms with van der Waals surface area (Å²) in [5, 5.41) is 8.09. The number of hydrogen-bond donors (Lipinski definition) is 1. The summed E-state index contributed by atoms with van der Waals surface area (Å²) in [4.78, 5) is 23.9. The van der Waals surface area contributed by atoms with Gasteiger partial charge in [0.15, 0.2) is 12.3 Å². The molecule has 0 saturated heterocycles. The molecule has 2 aromatic rings. The van der Waals surface area contributed by atoms with E-state index in [0.717, 1.165) is 0 Å². The van der Waals surface area contributed by atoms with E-state index in [9.17, 15) is 9.59 Å². The molecular formula is C17H15Cl2N3O3. The lowest BCUT2D eigenvalue weighted by Gasteiger charge is -2.09. The minimum Gasteiger partial charge on any atom is -0.465 e. The molecule has 0 aliphatic heterocycles. The van der Waals surface area contributed by atoms with Crippen molar-refractivity contribution in [1.82, 2.24) is 0 Å². The van der Waals surface area contributed by atoms with Gasteiger partial charge in [0, 0.05) is 16.1 Å². The quantitative estimate of drug-likeness (QED) is 0.330. The van der Waals surface area contributed by atoms with E-state index in [1.165, 1.54) is 6.07 Å². The van der Waals surface area contributed by atoms with Crippen molar-refractivity contribution in [3.05, 3.63) is 63.6 Å². The zero-order valence-electron chi connectivity index (χ0n) is 13.3. The molecule has 0 unspecified atom stereocenters. The fourth-order valence-electron chi connectivity index (χ4n) is 1.98. The average Bonchev–Trinajstić information content (AvgIpc) is 2.60. The Morgan fingerprint density at radius 1 is 1.12 bits per heavy atom. The summed E-state index contributed by atoms with van der Waals surface area (Å²) in [6.45, 7) is 1.76. The molecular weight excluding hydrogens is 365 g/mol. The number of rotatable bonds is 7. The van der Waals surface area contributed by atoms with E-state index < -0.39 is 5.97 Å². The van der Waals surface area contributed by atoms with Gasteiger partial charge in [-0.05, 0) is 37.3 Å². The van der Waals surface area contributed by atoms with Crippen LogP contribution in [0.3, 0.4) is 0 Å². The van der Waals surface area contributed by atoms with Gasteiger partial charge >= 0.3 is 5.97 Å². The molecule has 130 valence electrons. The smallest absolute Gasteiger partial charge is 0.329 e. The highest BCUT2D eigenvalue weighted by Crippen LogP contribution is 2.26. The van der Waals surface area contributed by atoms with Crippen molar-refractivity contribution in [3.8, 4) is 0 Å². The lowest BCUT2D eigenvalue weighted by molar-refractivity contribution is -0.141. The third kappa shape index (κ3) is 5.27. The Hall–Kier alpha value is -2.44. The Labute approximate surface area is 154 Å². The molecule has 0 aliphatic rings. The van der Waals surface area contributed by atoms with Crippen LogP contribution >= 0.6 is 23.2 Å². The van der Waals surface area contributed by atoms with Crippen LogP contribution in [0.1, 0.15) is 22.8 Å². The molecule has 0 heterocycles. The van der Waals surface area contributed by atoms with Crippen LogP contribution in [0.4, 0.5) is 5.69 Å². The van der Waals surface area contributed by atoms with E-state index in [4.69, 9.17) is 27.9 Å². The molecule has 0 atom stereocenters. The second-order valence-electron chi connectivity index (χ2n) is 4.82. The van der Waals surface area contributed by atoms with Gasteiger partial charge in [-0.3, -0.25) is 10.2 Å². The van der Waals surface area contributed by atoms with E-state index in [-0.39, 0.29) is 24.5 Å². The molecule has 0 fully saturated rings. The second-order valence-corrected chi connectivity index (χ2v) is 5.66. The monoisotopic (exact) mass is 379 g/mol. The Morgan fingerprint density at radius 3 is 2.60 bits per heavy atom. The number of nitrogens with zero attached hydrogens (tertiary/aromatic N) is 2. The number of benzene rings is 2. The van der Waals surface area contributed by atoms with Crippen LogP contribution in [0.2, 0.25) is 10.0 Å². The van der Waals surface area contributed by atoms with Gasteiger partial charge in [0.1, 0.15) is 0 Å². The third-order valence-electron chi connectivity index (χ3n) is 3.09. The normalized spacial score (nSPS) is 10.7. The summed E-state index contributed by atoms with van der Waals surface area (Å²) in [5.41, 5.74) is 3.66. The average molecular weight is 380 g/mol. The van der Waals surface area contributed by atoms with Crippen LogP contribution in [-0.2, 0) is 9.53 Å². The summed E-state index contributed by atoms with van der Waals surface area (Å²) in [7, 11) is 0. The highest BCUT2D eigenvalue weighted by Gasteiger charge is 2.17. The zero-order valence-corrected chi connectivity index (χ0v) is 14.8. The molecule has 0 aromatic heterocycles. The lowest BCUT2D eigenvalue weighted by Crippen LogP contribution is -2.08. The standard InChI is InChI=1S/C17H15Cl2N3O3/c1-2-25-16(23)10-20-22-21-15-8-7-11(18)9-13(15)17(24)12-5-3-4-6-14(12)19/h3-9H,2,10H2,1H3,(H,20,21). The van der Waals surface area contributed by atoms with E-state index in [2.05, 4.69) is 15.8 Å². The van der Waals surface area contributed by atoms with Gasteiger partial charge in [0.2, 0.25) is 0 Å². The number of carbonyl (C=O) groups excluding carboxylic acids is 2. The number of hydrogen-bond acceptors (Lipinski definition) is 5. The maximum Gasteiger partial charge on any atom is 0.329 e. The van der Waals surface area contributed by atoms with Crippen molar-refractivity contribution in [1.29, 1.82) is 0 Å². The summed E-state index contributed by atoms with van der Waals surface area (Å²) in [6.07, 6.45) is 0. The minimum absolute atomic E-state index is 0.220. The van der Waals surface area contributed by atoms with Crippen LogP contribution < -0.4 is 5.43 Å². The Kier molecular flexibility index (Phi) is 6.91. The number of halogens is 2. The number of carbonyl (C=O) groups is 2. The Balaban J connectivity index is 2.20. The number of nitrogens with one attached hydrogen (secondary N) is 1. The summed E-state index contributed by atoms with van der Waals surface area (Å²) in [5.74, 6) is -0.798. The first-order valence-corrected chi connectivity index (χ1v) is 8.15. The lowest BCUT2D eigenvalue weighted by atomic mass is 10.0. The maximum absolute atomic E-state index is 12.7. The van der Waals surface area contributed by atoms with Gasteiger partial charge in [0.05, 0.1) is 17.3 Å². The SMILES string of the molecule is CCOC(=O)CN=NNc1ccc(Cl)cc1C(=O)c1ccccc1Cl. The molecule has 0 amide bonds. The molecule has 0 saturated carbocycles.